The van der Waals surface area contributed by atoms with Crippen LogP contribution >= 0.6 is 0 Å². The Hall–Kier alpha value is -0.0400. The largest absolute Gasteiger partial charge is 0.317 e. The van der Waals surface area contributed by atoms with E-state index in [4.69, 9.17) is 0 Å². The molecule has 3 aliphatic rings. The molecular weight excluding hydrogens is 230 g/mol. The lowest BCUT2D eigenvalue weighted by Crippen LogP contribution is -2.31. The Kier molecular flexibility index (Phi) is 5.21. The summed E-state index contributed by atoms with van der Waals surface area (Å²) in [6, 6.07) is 0. The van der Waals surface area contributed by atoms with Gasteiger partial charge in [0.05, 0.1) is 0 Å². The highest BCUT2D eigenvalue weighted by molar-refractivity contribution is 4.84. The second kappa shape index (κ2) is 7.11. The van der Waals surface area contributed by atoms with Crippen molar-refractivity contribution < 1.29 is 0 Å². The minimum Gasteiger partial charge on any atom is -0.317 e. The van der Waals surface area contributed by atoms with Crippen molar-refractivity contribution in [3.8, 4) is 0 Å². The molecule has 19 heavy (non-hydrogen) atoms. The molecule has 1 aliphatic heterocycles. The third kappa shape index (κ3) is 3.97. The smallest absolute Gasteiger partial charge is 0.00462 e. The molecule has 0 bridgehead atoms. The Labute approximate surface area is 119 Å². The van der Waals surface area contributed by atoms with E-state index in [0.717, 1.165) is 23.7 Å². The van der Waals surface area contributed by atoms with Crippen LogP contribution in [0.25, 0.3) is 0 Å². The highest BCUT2D eigenvalue weighted by Crippen LogP contribution is 2.43. The van der Waals surface area contributed by atoms with E-state index in [9.17, 15) is 0 Å². The summed E-state index contributed by atoms with van der Waals surface area (Å²) in [5, 5.41) is 3.52. The zero-order chi connectivity index (χ0) is 12.9. The molecule has 2 saturated carbocycles. The molecule has 1 N–H and O–H groups in total. The van der Waals surface area contributed by atoms with Crippen LogP contribution in [-0.4, -0.2) is 13.1 Å². The summed E-state index contributed by atoms with van der Waals surface area (Å²) in [7, 11) is 0. The first-order valence-electron chi connectivity index (χ1n) is 9.12. The van der Waals surface area contributed by atoms with Crippen molar-refractivity contribution in [2.75, 3.05) is 13.1 Å². The zero-order valence-electron chi connectivity index (χ0n) is 12.7. The fraction of sp³-hybridized carbons (Fsp3) is 1.00. The number of hydrogen-bond donors (Lipinski definition) is 1. The van der Waals surface area contributed by atoms with Gasteiger partial charge in [0.15, 0.2) is 0 Å². The minimum absolute atomic E-state index is 1.07. The second-order valence-corrected chi connectivity index (χ2v) is 7.62. The molecule has 110 valence electrons. The summed E-state index contributed by atoms with van der Waals surface area (Å²) in [6.07, 6.45) is 18.4. The molecule has 3 fully saturated rings. The van der Waals surface area contributed by atoms with Crippen LogP contribution in [0.1, 0.15) is 77.0 Å². The second-order valence-electron chi connectivity index (χ2n) is 7.62. The van der Waals surface area contributed by atoms with Crippen LogP contribution in [-0.2, 0) is 0 Å². The molecule has 1 nitrogen and oxygen atoms in total. The van der Waals surface area contributed by atoms with Crippen LogP contribution in [0, 0.1) is 23.7 Å². The number of rotatable bonds is 3. The molecular formula is C18H33N. The van der Waals surface area contributed by atoms with Crippen LogP contribution < -0.4 is 5.32 Å². The van der Waals surface area contributed by atoms with Gasteiger partial charge < -0.3 is 5.32 Å². The average molecular weight is 263 g/mol. The topological polar surface area (TPSA) is 12.0 Å². The van der Waals surface area contributed by atoms with Crippen molar-refractivity contribution in [3.63, 3.8) is 0 Å². The van der Waals surface area contributed by atoms with Gasteiger partial charge in [-0.3, -0.25) is 0 Å². The Bertz CT molecular complexity index is 248. The Morgan fingerprint density at radius 3 is 2.11 bits per heavy atom. The average Bonchev–Trinajstić information content (AvgIpc) is 2.76. The monoisotopic (exact) mass is 263 g/mol. The minimum atomic E-state index is 1.07. The summed E-state index contributed by atoms with van der Waals surface area (Å²) in [5.41, 5.74) is 0. The first-order chi connectivity index (χ1) is 9.42. The van der Waals surface area contributed by atoms with Gasteiger partial charge in [0.1, 0.15) is 0 Å². The molecule has 0 radical (unpaired) electrons. The predicted octanol–water partition coefficient (Wildman–Crippen LogP) is 4.76. The Morgan fingerprint density at radius 1 is 0.632 bits per heavy atom. The van der Waals surface area contributed by atoms with Gasteiger partial charge in [0.25, 0.3) is 0 Å². The van der Waals surface area contributed by atoms with Gasteiger partial charge >= 0.3 is 0 Å². The van der Waals surface area contributed by atoms with Gasteiger partial charge in [-0.15, -0.1) is 0 Å². The van der Waals surface area contributed by atoms with Gasteiger partial charge in [-0.2, -0.15) is 0 Å². The van der Waals surface area contributed by atoms with Crippen LogP contribution in [0.15, 0.2) is 0 Å². The molecule has 3 rings (SSSR count). The van der Waals surface area contributed by atoms with E-state index in [1.54, 1.807) is 38.5 Å². The fourth-order valence-corrected chi connectivity index (χ4v) is 5.14. The molecule has 1 heteroatoms. The van der Waals surface area contributed by atoms with E-state index in [2.05, 4.69) is 5.32 Å². The van der Waals surface area contributed by atoms with Gasteiger partial charge in [0, 0.05) is 0 Å². The fourth-order valence-electron chi connectivity index (χ4n) is 5.14. The molecule has 0 spiro atoms. The van der Waals surface area contributed by atoms with Crippen molar-refractivity contribution in [1.29, 1.82) is 0 Å². The third-order valence-corrected chi connectivity index (χ3v) is 6.27. The van der Waals surface area contributed by atoms with Crippen LogP contribution in [0.2, 0.25) is 0 Å². The highest BCUT2D eigenvalue weighted by Gasteiger charge is 2.32. The van der Waals surface area contributed by atoms with Gasteiger partial charge in [-0.1, -0.05) is 44.9 Å². The van der Waals surface area contributed by atoms with Crippen LogP contribution in [0.4, 0.5) is 0 Å². The van der Waals surface area contributed by atoms with Crippen molar-refractivity contribution in [2.45, 2.75) is 77.0 Å². The van der Waals surface area contributed by atoms with Crippen molar-refractivity contribution in [1.82, 2.24) is 5.32 Å². The standard InChI is InChI=1S/C18H33N/c1-2-4-6-15(5-3-1)13-16-7-8-18(14-16)17-9-11-19-12-10-17/h15-19H,1-14H2. The van der Waals surface area contributed by atoms with E-state index in [1.807, 2.05) is 0 Å². The SMILES string of the molecule is C1CCCC(CC2CCC(C3CCNCC3)C2)CC1. The van der Waals surface area contributed by atoms with E-state index >= 15 is 0 Å². The maximum absolute atomic E-state index is 3.52. The Balaban J connectivity index is 1.43. The molecule has 0 aromatic heterocycles. The number of nitrogens with one attached hydrogen (secondary N) is 1. The van der Waals surface area contributed by atoms with E-state index in [-0.39, 0.29) is 0 Å². The lowest BCUT2D eigenvalue weighted by Gasteiger charge is -2.28. The number of hydrogen-bond acceptors (Lipinski definition) is 1. The molecule has 1 saturated heterocycles. The summed E-state index contributed by atoms with van der Waals surface area (Å²) in [5.74, 6) is 4.36. The molecule has 2 unspecified atom stereocenters. The molecule has 0 amide bonds. The van der Waals surface area contributed by atoms with Crippen LogP contribution in [0.3, 0.4) is 0 Å². The highest BCUT2D eigenvalue weighted by atomic mass is 14.9. The van der Waals surface area contributed by atoms with Gasteiger partial charge in [0.2, 0.25) is 0 Å². The first kappa shape index (κ1) is 13.9. The predicted molar refractivity (Wildman–Crippen MR) is 82.2 cm³/mol. The van der Waals surface area contributed by atoms with Crippen molar-refractivity contribution >= 4 is 0 Å². The third-order valence-electron chi connectivity index (χ3n) is 6.27. The van der Waals surface area contributed by atoms with Crippen LogP contribution in [0.5, 0.6) is 0 Å². The van der Waals surface area contributed by atoms with E-state index in [0.29, 0.717) is 0 Å². The van der Waals surface area contributed by atoms with Crippen molar-refractivity contribution in [2.24, 2.45) is 23.7 Å². The molecule has 2 atom stereocenters. The summed E-state index contributed by atoms with van der Waals surface area (Å²) < 4.78 is 0. The lowest BCUT2D eigenvalue weighted by molar-refractivity contribution is 0.249. The van der Waals surface area contributed by atoms with E-state index in [1.165, 1.54) is 51.6 Å². The molecule has 1 heterocycles. The summed E-state index contributed by atoms with van der Waals surface area (Å²) >= 11 is 0. The summed E-state index contributed by atoms with van der Waals surface area (Å²) in [4.78, 5) is 0. The van der Waals surface area contributed by atoms with Crippen molar-refractivity contribution in [3.05, 3.63) is 0 Å². The zero-order valence-corrected chi connectivity index (χ0v) is 12.7. The molecule has 0 aromatic rings. The molecule has 2 aliphatic carbocycles. The maximum Gasteiger partial charge on any atom is -0.00462 e. The maximum atomic E-state index is 3.52. The van der Waals surface area contributed by atoms with Gasteiger partial charge in [-0.25, -0.2) is 0 Å². The first-order valence-corrected chi connectivity index (χ1v) is 9.12. The quantitative estimate of drug-likeness (QED) is 0.724. The number of piperidine rings is 1. The van der Waals surface area contributed by atoms with E-state index < -0.39 is 0 Å². The lowest BCUT2D eigenvalue weighted by atomic mass is 9.82. The van der Waals surface area contributed by atoms with Gasteiger partial charge in [-0.05, 0) is 68.9 Å². The summed E-state index contributed by atoms with van der Waals surface area (Å²) in [6.45, 7) is 2.57. The Morgan fingerprint density at radius 2 is 1.37 bits per heavy atom. The molecule has 0 aromatic carbocycles. The normalized spacial score (nSPS) is 35.4.